The van der Waals surface area contributed by atoms with Crippen molar-refractivity contribution in [2.45, 2.75) is 37.2 Å². The van der Waals surface area contributed by atoms with Gasteiger partial charge in [0.05, 0.1) is 31.1 Å². The van der Waals surface area contributed by atoms with Gasteiger partial charge in [-0.25, -0.2) is 9.50 Å². The molecule has 0 amide bonds. The number of fused-ring (bicyclic) bond motifs is 1. The number of hydrogen-bond acceptors (Lipinski definition) is 8. The van der Waals surface area contributed by atoms with Gasteiger partial charge in [0.1, 0.15) is 17.9 Å². The van der Waals surface area contributed by atoms with E-state index in [0.29, 0.717) is 38.5 Å². The van der Waals surface area contributed by atoms with E-state index in [9.17, 15) is 5.11 Å². The molecule has 0 aromatic carbocycles. The van der Waals surface area contributed by atoms with Gasteiger partial charge in [-0.1, -0.05) is 0 Å². The SMILES string of the molecule is NCC[C@@H]1COCCN1C[C@H]1O[C@@H](c2ccc3c(N)ncnn23)C[C@@H]1O. The first kappa shape index (κ1) is 17.6. The molecular formula is C17H26N6O3. The van der Waals surface area contributed by atoms with E-state index in [1.807, 2.05) is 12.1 Å². The Morgan fingerprint density at radius 1 is 1.35 bits per heavy atom. The molecule has 9 nitrogen and oxygen atoms in total. The number of aromatic nitrogens is 3. The quantitative estimate of drug-likeness (QED) is 0.653. The summed E-state index contributed by atoms with van der Waals surface area (Å²) in [4.78, 5) is 6.33. The van der Waals surface area contributed by atoms with E-state index in [2.05, 4.69) is 15.0 Å². The van der Waals surface area contributed by atoms with E-state index < -0.39 is 6.10 Å². The van der Waals surface area contributed by atoms with Crippen molar-refractivity contribution in [1.29, 1.82) is 0 Å². The molecule has 2 aliphatic rings. The smallest absolute Gasteiger partial charge is 0.151 e. The fourth-order valence-corrected chi connectivity index (χ4v) is 3.92. The Morgan fingerprint density at radius 3 is 3.08 bits per heavy atom. The van der Waals surface area contributed by atoms with Crippen LogP contribution in [0.5, 0.6) is 0 Å². The Balaban J connectivity index is 1.48. The zero-order valence-electron chi connectivity index (χ0n) is 14.7. The molecule has 0 radical (unpaired) electrons. The molecule has 2 saturated heterocycles. The average Bonchev–Trinajstić information content (AvgIpc) is 3.22. The molecule has 9 heteroatoms. The minimum Gasteiger partial charge on any atom is -0.390 e. The highest BCUT2D eigenvalue weighted by molar-refractivity contribution is 5.65. The molecule has 4 heterocycles. The van der Waals surface area contributed by atoms with Gasteiger partial charge >= 0.3 is 0 Å². The highest BCUT2D eigenvalue weighted by Crippen LogP contribution is 2.34. The minimum atomic E-state index is -0.522. The predicted octanol–water partition coefficient (Wildman–Crippen LogP) is -0.448. The van der Waals surface area contributed by atoms with Crippen LogP contribution in [0.15, 0.2) is 18.5 Å². The first-order valence-corrected chi connectivity index (χ1v) is 9.11. The number of morpholine rings is 1. The van der Waals surface area contributed by atoms with Crippen molar-refractivity contribution in [3.8, 4) is 0 Å². The first-order valence-electron chi connectivity index (χ1n) is 9.11. The lowest BCUT2D eigenvalue weighted by molar-refractivity contribution is -0.0588. The van der Waals surface area contributed by atoms with Crippen LogP contribution in [0.4, 0.5) is 5.82 Å². The molecule has 4 atom stereocenters. The third-order valence-corrected chi connectivity index (χ3v) is 5.33. The maximum Gasteiger partial charge on any atom is 0.151 e. The van der Waals surface area contributed by atoms with Gasteiger partial charge in [-0.05, 0) is 25.1 Å². The van der Waals surface area contributed by atoms with Gasteiger partial charge < -0.3 is 26.0 Å². The molecular weight excluding hydrogens is 336 g/mol. The van der Waals surface area contributed by atoms with Crippen LogP contribution >= 0.6 is 0 Å². The Hall–Kier alpha value is -1.78. The van der Waals surface area contributed by atoms with Gasteiger partial charge in [-0.15, -0.1) is 0 Å². The number of ether oxygens (including phenoxy) is 2. The molecule has 2 fully saturated rings. The second-order valence-corrected chi connectivity index (χ2v) is 6.97. The van der Waals surface area contributed by atoms with Crippen molar-refractivity contribution < 1.29 is 14.6 Å². The van der Waals surface area contributed by atoms with E-state index in [4.69, 9.17) is 20.9 Å². The normalized spacial score (nSPS) is 30.2. The number of aliphatic hydroxyl groups excluding tert-OH is 1. The highest BCUT2D eigenvalue weighted by atomic mass is 16.5. The second kappa shape index (κ2) is 7.45. The molecule has 0 unspecified atom stereocenters. The maximum atomic E-state index is 10.6. The van der Waals surface area contributed by atoms with Crippen LogP contribution in [-0.2, 0) is 9.47 Å². The fourth-order valence-electron chi connectivity index (χ4n) is 3.92. The fraction of sp³-hybridized carbons (Fsp3) is 0.647. The number of nitrogens with zero attached hydrogens (tertiary/aromatic N) is 4. The number of nitrogens with two attached hydrogens (primary N) is 2. The molecule has 2 aromatic rings. The summed E-state index contributed by atoms with van der Waals surface area (Å²) in [6.45, 7) is 3.51. The van der Waals surface area contributed by atoms with Gasteiger partial charge in [0, 0.05) is 25.6 Å². The summed E-state index contributed by atoms with van der Waals surface area (Å²) in [5.41, 5.74) is 13.3. The summed E-state index contributed by atoms with van der Waals surface area (Å²) >= 11 is 0. The Labute approximate surface area is 151 Å². The van der Waals surface area contributed by atoms with Crippen LogP contribution in [0.3, 0.4) is 0 Å². The van der Waals surface area contributed by atoms with E-state index in [-0.39, 0.29) is 18.2 Å². The van der Waals surface area contributed by atoms with E-state index in [0.717, 1.165) is 24.2 Å². The van der Waals surface area contributed by atoms with Crippen molar-refractivity contribution in [1.82, 2.24) is 19.5 Å². The Bertz CT molecular complexity index is 751. The average molecular weight is 362 g/mol. The van der Waals surface area contributed by atoms with E-state index in [1.165, 1.54) is 6.33 Å². The van der Waals surface area contributed by atoms with Crippen molar-refractivity contribution in [3.05, 3.63) is 24.2 Å². The minimum absolute atomic E-state index is 0.221. The summed E-state index contributed by atoms with van der Waals surface area (Å²) in [6, 6.07) is 4.10. The molecule has 5 N–H and O–H groups in total. The van der Waals surface area contributed by atoms with Crippen LogP contribution in [0.2, 0.25) is 0 Å². The number of nitrogen functional groups attached to an aromatic ring is 1. The van der Waals surface area contributed by atoms with Gasteiger partial charge in [-0.2, -0.15) is 5.10 Å². The molecule has 2 aliphatic heterocycles. The van der Waals surface area contributed by atoms with Crippen LogP contribution in [0, 0.1) is 0 Å². The van der Waals surface area contributed by atoms with Crippen LogP contribution in [0.1, 0.15) is 24.6 Å². The third kappa shape index (κ3) is 3.28. The molecule has 0 spiro atoms. The zero-order valence-corrected chi connectivity index (χ0v) is 14.7. The Morgan fingerprint density at radius 2 is 2.23 bits per heavy atom. The molecule has 0 bridgehead atoms. The number of hydrogen-bond donors (Lipinski definition) is 3. The van der Waals surface area contributed by atoms with Gasteiger partial charge in [0.15, 0.2) is 5.82 Å². The molecule has 26 heavy (non-hydrogen) atoms. The Kier molecular flexibility index (Phi) is 5.05. The van der Waals surface area contributed by atoms with Gasteiger partial charge in [0.25, 0.3) is 0 Å². The molecule has 4 rings (SSSR count). The molecule has 0 aliphatic carbocycles. The topological polar surface area (TPSA) is 124 Å². The summed E-state index contributed by atoms with van der Waals surface area (Å²) < 4.78 is 13.5. The lowest BCUT2D eigenvalue weighted by atomic mass is 10.1. The standard InChI is InChI=1S/C17H26N6O3/c18-4-3-11-9-25-6-5-22(11)8-16-14(24)7-15(26-16)12-1-2-13-17(19)20-10-21-23(12)13/h1-2,10-11,14-16,24H,3-9,18H2,(H2,19,20,21)/t11-,14+,15-,16-/m1/s1. The second-order valence-electron chi connectivity index (χ2n) is 6.97. The summed E-state index contributed by atoms with van der Waals surface area (Å²) in [5, 5.41) is 14.8. The zero-order chi connectivity index (χ0) is 18.1. The molecule has 142 valence electrons. The van der Waals surface area contributed by atoms with Crippen LogP contribution in [-0.4, -0.2) is 75.7 Å². The van der Waals surface area contributed by atoms with Crippen LogP contribution in [0.25, 0.3) is 5.52 Å². The van der Waals surface area contributed by atoms with Crippen molar-refractivity contribution in [2.75, 3.05) is 38.6 Å². The predicted molar refractivity (Wildman–Crippen MR) is 95.5 cm³/mol. The largest absolute Gasteiger partial charge is 0.390 e. The number of aliphatic hydroxyl groups is 1. The third-order valence-electron chi connectivity index (χ3n) is 5.33. The summed E-state index contributed by atoms with van der Waals surface area (Å²) in [6.07, 6.45) is 1.85. The summed E-state index contributed by atoms with van der Waals surface area (Å²) in [5.74, 6) is 0.430. The van der Waals surface area contributed by atoms with Crippen molar-refractivity contribution in [3.63, 3.8) is 0 Å². The number of anilines is 1. The summed E-state index contributed by atoms with van der Waals surface area (Å²) in [7, 11) is 0. The lowest BCUT2D eigenvalue weighted by Crippen LogP contribution is -2.50. The van der Waals surface area contributed by atoms with E-state index in [1.54, 1.807) is 4.52 Å². The van der Waals surface area contributed by atoms with Crippen molar-refractivity contribution in [2.24, 2.45) is 5.73 Å². The van der Waals surface area contributed by atoms with E-state index >= 15 is 0 Å². The molecule has 0 saturated carbocycles. The van der Waals surface area contributed by atoms with Crippen molar-refractivity contribution >= 4 is 11.3 Å². The van der Waals surface area contributed by atoms with Gasteiger partial charge in [0.2, 0.25) is 0 Å². The van der Waals surface area contributed by atoms with Gasteiger partial charge in [-0.3, -0.25) is 4.90 Å². The lowest BCUT2D eigenvalue weighted by Gasteiger charge is -2.37. The first-order chi connectivity index (χ1) is 12.7. The highest BCUT2D eigenvalue weighted by Gasteiger charge is 2.38. The number of rotatable bonds is 5. The molecule has 2 aromatic heterocycles. The monoisotopic (exact) mass is 362 g/mol. The maximum absolute atomic E-state index is 10.6. The van der Waals surface area contributed by atoms with Crippen LogP contribution < -0.4 is 11.5 Å².